The molecule has 1 amide bonds. The molecule has 0 spiro atoms. The highest BCUT2D eigenvalue weighted by Gasteiger charge is 2.03. The van der Waals surface area contributed by atoms with Crippen molar-refractivity contribution in [3.05, 3.63) is 42.5 Å². The Kier molecular flexibility index (Phi) is 3.73. The molecule has 0 aliphatic carbocycles. The van der Waals surface area contributed by atoms with Crippen molar-refractivity contribution in [2.75, 3.05) is 12.3 Å². The van der Waals surface area contributed by atoms with Gasteiger partial charge in [-0.3, -0.25) is 4.79 Å². The topological polar surface area (TPSA) is 55.1 Å². The van der Waals surface area contributed by atoms with Crippen LogP contribution in [0.15, 0.2) is 36.9 Å². The molecule has 3 N–H and O–H groups in total. The molecule has 3 heteroatoms. The maximum atomic E-state index is 11.3. The van der Waals surface area contributed by atoms with Crippen LogP contribution in [0.25, 0.3) is 0 Å². The number of nitrogen functional groups attached to an aromatic ring is 1. The molecule has 74 valence electrons. The van der Waals surface area contributed by atoms with Gasteiger partial charge in [0.25, 0.3) is 0 Å². The summed E-state index contributed by atoms with van der Waals surface area (Å²) in [5.41, 5.74) is 7.21. The summed E-state index contributed by atoms with van der Waals surface area (Å²) in [5.74, 6) is -0.0391. The minimum atomic E-state index is -0.0391. The van der Waals surface area contributed by atoms with Gasteiger partial charge in [-0.1, -0.05) is 24.3 Å². The van der Waals surface area contributed by atoms with Gasteiger partial charge in [0.05, 0.1) is 6.42 Å². The summed E-state index contributed by atoms with van der Waals surface area (Å²) in [6.07, 6.45) is 1.97. The van der Waals surface area contributed by atoms with Crippen molar-refractivity contribution in [1.29, 1.82) is 0 Å². The molecular formula is C11H14N2O. The number of nitrogens with two attached hydrogens (primary N) is 1. The highest BCUT2D eigenvalue weighted by atomic mass is 16.1. The smallest absolute Gasteiger partial charge is 0.224 e. The molecule has 0 fully saturated rings. The van der Waals surface area contributed by atoms with Gasteiger partial charge in [-0.05, 0) is 11.6 Å². The van der Waals surface area contributed by atoms with Crippen LogP contribution >= 0.6 is 0 Å². The van der Waals surface area contributed by atoms with E-state index in [1.54, 1.807) is 12.1 Å². The summed E-state index contributed by atoms with van der Waals surface area (Å²) < 4.78 is 0. The lowest BCUT2D eigenvalue weighted by molar-refractivity contribution is -0.120. The van der Waals surface area contributed by atoms with Crippen LogP contribution in [0.3, 0.4) is 0 Å². The molecule has 0 aromatic heterocycles. The molecule has 1 rings (SSSR count). The van der Waals surface area contributed by atoms with E-state index < -0.39 is 0 Å². The summed E-state index contributed by atoms with van der Waals surface area (Å²) in [4.78, 5) is 11.3. The molecule has 3 nitrogen and oxygen atoms in total. The Morgan fingerprint density at radius 2 is 2.21 bits per heavy atom. The van der Waals surface area contributed by atoms with E-state index >= 15 is 0 Å². The molecule has 0 unspecified atom stereocenters. The van der Waals surface area contributed by atoms with Gasteiger partial charge in [-0.25, -0.2) is 0 Å². The molecule has 0 saturated heterocycles. The second-order valence-electron chi connectivity index (χ2n) is 2.97. The molecular weight excluding hydrogens is 176 g/mol. The number of rotatable bonds is 4. The normalized spacial score (nSPS) is 9.43. The number of nitrogens with one attached hydrogen (secondary N) is 1. The summed E-state index contributed by atoms with van der Waals surface area (Å²) in [7, 11) is 0. The van der Waals surface area contributed by atoms with Gasteiger partial charge in [0, 0.05) is 12.2 Å². The van der Waals surface area contributed by atoms with E-state index in [1.165, 1.54) is 0 Å². The molecule has 0 radical (unpaired) electrons. The Hall–Kier alpha value is -1.77. The van der Waals surface area contributed by atoms with Crippen LogP contribution in [0.2, 0.25) is 0 Å². The molecule has 0 aliphatic heterocycles. The zero-order chi connectivity index (χ0) is 10.4. The van der Waals surface area contributed by atoms with Crippen molar-refractivity contribution in [3.63, 3.8) is 0 Å². The summed E-state index contributed by atoms with van der Waals surface area (Å²) in [6, 6.07) is 7.35. The van der Waals surface area contributed by atoms with Crippen LogP contribution in [-0.2, 0) is 11.2 Å². The van der Waals surface area contributed by atoms with Crippen LogP contribution in [0.4, 0.5) is 5.69 Å². The summed E-state index contributed by atoms with van der Waals surface area (Å²) in [5, 5.41) is 2.70. The SMILES string of the molecule is C=CCNC(=O)Cc1ccccc1N. The van der Waals surface area contributed by atoms with Crippen molar-refractivity contribution < 1.29 is 4.79 Å². The average molecular weight is 190 g/mol. The lowest BCUT2D eigenvalue weighted by Gasteiger charge is -2.04. The van der Waals surface area contributed by atoms with Crippen LogP contribution < -0.4 is 11.1 Å². The van der Waals surface area contributed by atoms with E-state index in [-0.39, 0.29) is 5.91 Å². The minimum absolute atomic E-state index is 0.0391. The molecule has 0 saturated carbocycles. The molecule has 0 heterocycles. The molecule has 1 aromatic rings. The highest BCUT2D eigenvalue weighted by Crippen LogP contribution is 2.10. The Morgan fingerprint density at radius 1 is 1.50 bits per heavy atom. The standard InChI is InChI=1S/C11H14N2O/c1-2-7-13-11(14)8-9-5-3-4-6-10(9)12/h2-6H,1,7-8,12H2,(H,13,14). The monoisotopic (exact) mass is 190 g/mol. The number of amides is 1. The number of anilines is 1. The second kappa shape index (κ2) is 5.07. The molecule has 0 aliphatic rings. The van der Waals surface area contributed by atoms with E-state index in [2.05, 4.69) is 11.9 Å². The number of hydrogen-bond donors (Lipinski definition) is 2. The first kappa shape index (κ1) is 10.3. The van der Waals surface area contributed by atoms with Gasteiger partial charge < -0.3 is 11.1 Å². The van der Waals surface area contributed by atoms with E-state index in [0.717, 1.165) is 5.56 Å². The first-order valence-electron chi connectivity index (χ1n) is 4.45. The maximum Gasteiger partial charge on any atom is 0.224 e. The Bertz CT molecular complexity index is 334. The van der Waals surface area contributed by atoms with E-state index in [4.69, 9.17) is 5.73 Å². The Labute approximate surface area is 83.6 Å². The van der Waals surface area contributed by atoms with Crippen LogP contribution in [0.1, 0.15) is 5.56 Å². The molecule has 0 atom stereocenters. The number of para-hydroxylation sites is 1. The third-order valence-electron chi connectivity index (χ3n) is 1.85. The van der Waals surface area contributed by atoms with Crippen molar-refractivity contribution in [1.82, 2.24) is 5.32 Å². The van der Waals surface area contributed by atoms with Crippen LogP contribution in [0, 0.1) is 0 Å². The second-order valence-corrected chi connectivity index (χ2v) is 2.97. The predicted octanol–water partition coefficient (Wildman–Crippen LogP) is 1.11. The van der Waals surface area contributed by atoms with Gasteiger partial charge in [0.1, 0.15) is 0 Å². The van der Waals surface area contributed by atoms with Crippen molar-refractivity contribution in [2.24, 2.45) is 0 Å². The largest absolute Gasteiger partial charge is 0.398 e. The minimum Gasteiger partial charge on any atom is -0.398 e. The first-order valence-corrected chi connectivity index (χ1v) is 4.45. The van der Waals surface area contributed by atoms with Gasteiger partial charge in [-0.15, -0.1) is 6.58 Å². The number of hydrogen-bond acceptors (Lipinski definition) is 2. The Morgan fingerprint density at radius 3 is 2.86 bits per heavy atom. The van der Waals surface area contributed by atoms with E-state index in [0.29, 0.717) is 18.7 Å². The Balaban J connectivity index is 2.56. The van der Waals surface area contributed by atoms with Gasteiger partial charge >= 0.3 is 0 Å². The van der Waals surface area contributed by atoms with Gasteiger partial charge in [0.15, 0.2) is 0 Å². The summed E-state index contributed by atoms with van der Waals surface area (Å²) in [6.45, 7) is 4.01. The summed E-state index contributed by atoms with van der Waals surface area (Å²) >= 11 is 0. The average Bonchev–Trinajstić information content (AvgIpc) is 2.18. The van der Waals surface area contributed by atoms with Crippen molar-refractivity contribution >= 4 is 11.6 Å². The molecule has 14 heavy (non-hydrogen) atoms. The molecule has 0 bridgehead atoms. The fourth-order valence-electron chi connectivity index (χ4n) is 1.12. The fourth-order valence-corrected chi connectivity index (χ4v) is 1.12. The van der Waals surface area contributed by atoms with Crippen molar-refractivity contribution in [2.45, 2.75) is 6.42 Å². The van der Waals surface area contributed by atoms with E-state index in [9.17, 15) is 4.79 Å². The highest BCUT2D eigenvalue weighted by molar-refractivity contribution is 5.80. The predicted molar refractivity (Wildman–Crippen MR) is 57.8 cm³/mol. The number of benzene rings is 1. The van der Waals surface area contributed by atoms with Crippen LogP contribution in [-0.4, -0.2) is 12.5 Å². The zero-order valence-electron chi connectivity index (χ0n) is 7.99. The lowest BCUT2D eigenvalue weighted by atomic mass is 10.1. The number of carbonyl (C=O) groups excluding carboxylic acids is 1. The zero-order valence-corrected chi connectivity index (χ0v) is 7.99. The van der Waals surface area contributed by atoms with Gasteiger partial charge in [0.2, 0.25) is 5.91 Å². The van der Waals surface area contributed by atoms with Crippen LogP contribution in [0.5, 0.6) is 0 Å². The van der Waals surface area contributed by atoms with Crippen molar-refractivity contribution in [3.8, 4) is 0 Å². The maximum absolute atomic E-state index is 11.3. The molecule has 1 aromatic carbocycles. The lowest BCUT2D eigenvalue weighted by Crippen LogP contribution is -2.25. The fraction of sp³-hybridized carbons (Fsp3) is 0.182. The number of carbonyl (C=O) groups is 1. The third kappa shape index (κ3) is 2.94. The van der Waals surface area contributed by atoms with E-state index in [1.807, 2.05) is 18.2 Å². The quantitative estimate of drug-likeness (QED) is 0.552. The first-order chi connectivity index (χ1) is 6.74. The third-order valence-corrected chi connectivity index (χ3v) is 1.85. The van der Waals surface area contributed by atoms with Gasteiger partial charge in [-0.2, -0.15) is 0 Å².